The lowest BCUT2D eigenvalue weighted by Gasteiger charge is -2.25. The number of hydrogen-bond acceptors (Lipinski definition) is 4. The zero-order valence-corrected chi connectivity index (χ0v) is 19.3. The van der Waals surface area contributed by atoms with Gasteiger partial charge in [-0.15, -0.1) is 0 Å². The second-order valence-electron chi connectivity index (χ2n) is 7.40. The topological polar surface area (TPSA) is 36.4 Å². The molecule has 4 nitrogen and oxygen atoms in total. The second-order valence-corrected chi connectivity index (χ2v) is 8.78. The van der Waals surface area contributed by atoms with Gasteiger partial charge < -0.3 is 4.90 Å². The van der Waals surface area contributed by atoms with Gasteiger partial charge in [0.1, 0.15) is 0 Å². The highest BCUT2D eigenvalue weighted by Gasteiger charge is 2.23. The Kier molecular flexibility index (Phi) is 6.93. The Morgan fingerprint density at radius 1 is 1.03 bits per heavy atom. The number of halogens is 1. The van der Waals surface area contributed by atoms with Gasteiger partial charge in [0.05, 0.1) is 15.2 Å². The summed E-state index contributed by atoms with van der Waals surface area (Å²) >= 11 is 7.90. The third kappa shape index (κ3) is 4.80. The molecule has 0 bridgehead atoms. The van der Waals surface area contributed by atoms with Gasteiger partial charge in [-0.25, -0.2) is 4.98 Å². The van der Waals surface area contributed by atoms with E-state index in [1.165, 1.54) is 11.3 Å². The van der Waals surface area contributed by atoms with Gasteiger partial charge in [-0.05, 0) is 57.6 Å². The summed E-state index contributed by atoms with van der Waals surface area (Å²) in [6.07, 6.45) is 0. The Morgan fingerprint density at radius 2 is 1.69 bits per heavy atom. The van der Waals surface area contributed by atoms with E-state index in [4.69, 9.17) is 16.6 Å². The summed E-state index contributed by atoms with van der Waals surface area (Å²) in [6.45, 7) is 13.6. The minimum Gasteiger partial charge on any atom is -0.302 e. The minimum atomic E-state index is -0.0169. The number of carbonyl (C=O) groups is 1. The molecule has 1 aromatic heterocycles. The van der Waals surface area contributed by atoms with Gasteiger partial charge in [-0.2, -0.15) is 0 Å². The molecule has 3 rings (SSSR count). The van der Waals surface area contributed by atoms with E-state index in [0.717, 1.165) is 46.5 Å². The van der Waals surface area contributed by atoms with Gasteiger partial charge in [0.2, 0.25) is 0 Å². The standard InChI is InChI=1S/C23H28ClN3OS/c1-6-26(7-2)10-11-27(22(28)18-13-15(3)12-16(4)14-18)23-25-20-17(5)8-9-19(24)21(20)29-23/h8-9,12-14H,6-7,10-11H2,1-5H3. The van der Waals surface area contributed by atoms with Crippen molar-refractivity contribution in [3.8, 4) is 0 Å². The molecule has 1 amide bonds. The van der Waals surface area contributed by atoms with E-state index >= 15 is 0 Å². The molecule has 0 radical (unpaired) electrons. The van der Waals surface area contributed by atoms with Gasteiger partial charge in [0.25, 0.3) is 5.91 Å². The molecule has 1 heterocycles. The average Bonchev–Trinajstić information content (AvgIpc) is 3.13. The molecule has 0 atom stereocenters. The van der Waals surface area contributed by atoms with Crippen LogP contribution in [0.5, 0.6) is 0 Å². The molecule has 2 aromatic carbocycles. The maximum atomic E-state index is 13.5. The maximum Gasteiger partial charge on any atom is 0.260 e. The lowest BCUT2D eigenvalue weighted by Crippen LogP contribution is -2.39. The molecule has 0 aliphatic heterocycles. The van der Waals surface area contributed by atoms with Crippen LogP contribution < -0.4 is 4.90 Å². The van der Waals surface area contributed by atoms with E-state index in [1.807, 2.05) is 49.9 Å². The van der Waals surface area contributed by atoms with Crippen molar-refractivity contribution >= 4 is 44.2 Å². The summed E-state index contributed by atoms with van der Waals surface area (Å²) in [4.78, 5) is 22.5. The largest absolute Gasteiger partial charge is 0.302 e. The number of likely N-dealkylation sites (N-methyl/N-ethyl adjacent to an activating group) is 1. The normalized spacial score (nSPS) is 11.4. The number of rotatable bonds is 7. The third-order valence-corrected chi connectivity index (χ3v) is 6.70. The monoisotopic (exact) mass is 429 g/mol. The predicted octanol–water partition coefficient (Wildman–Crippen LogP) is 5.86. The van der Waals surface area contributed by atoms with Crippen molar-refractivity contribution in [2.75, 3.05) is 31.1 Å². The van der Waals surface area contributed by atoms with Crippen LogP contribution in [0.25, 0.3) is 10.2 Å². The van der Waals surface area contributed by atoms with Crippen LogP contribution in [0.15, 0.2) is 30.3 Å². The highest BCUT2D eigenvalue weighted by Crippen LogP contribution is 2.36. The van der Waals surface area contributed by atoms with E-state index in [0.29, 0.717) is 22.3 Å². The Bertz CT molecular complexity index is 967. The van der Waals surface area contributed by atoms with Gasteiger partial charge >= 0.3 is 0 Å². The molecule has 3 aromatic rings. The summed E-state index contributed by atoms with van der Waals surface area (Å²) < 4.78 is 0.933. The van der Waals surface area contributed by atoms with E-state index in [9.17, 15) is 4.79 Å². The molecule has 0 aliphatic rings. The van der Waals surface area contributed by atoms with Crippen molar-refractivity contribution in [2.45, 2.75) is 34.6 Å². The zero-order valence-electron chi connectivity index (χ0n) is 17.8. The fourth-order valence-electron chi connectivity index (χ4n) is 3.53. The molecule has 0 N–H and O–H groups in total. The third-order valence-electron chi connectivity index (χ3n) is 5.16. The fourth-order valence-corrected chi connectivity index (χ4v) is 4.87. The van der Waals surface area contributed by atoms with Crippen molar-refractivity contribution < 1.29 is 4.79 Å². The summed E-state index contributed by atoms with van der Waals surface area (Å²) in [5.41, 5.74) is 4.80. The summed E-state index contributed by atoms with van der Waals surface area (Å²) in [5.74, 6) is -0.0169. The Hall–Kier alpha value is -1.95. The fraction of sp³-hybridized carbons (Fsp3) is 0.391. The second kappa shape index (κ2) is 9.24. The SMILES string of the molecule is CCN(CC)CCN(C(=O)c1cc(C)cc(C)c1)c1nc2c(C)ccc(Cl)c2s1. The van der Waals surface area contributed by atoms with E-state index in [-0.39, 0.29) is 5.91 Å². The van der Waals surface area contributed by atoms with Crippen LogP contribution in [-0.4, -0.2) is 42.0 Å². The van der Waals surface area contributed by atoms with E-state index < -0.39 is 0 Å². The molecule has 0 saturated carbocycles. The van der Waals surface area contributed by atoms with Crippen LogP contribution in [0.2, 0.25) is 5.02 Å². The number of nitrogens with zero attached hydrogens (tertiary/aromatic N) is 3. The maximum absolute atomic E-state index is 13.5. The van der Waals surface area contributed by atoms with Gasteiger partial charge in [-0.3, -0.25) is 9.69 Å². The number of fused-ring (bicyclic) bond motifs is 1. The van der Waals surface area contributed by atoms with Crippen LogP contribution >= 0.6 is 22.9 Å². The number of thiazole rings is 1. The number of anilines is 1. The lowest BCUT2D eigenvalue weighted by molar-refractivity contribution is 0.0983. The average molecular weight is 430 g/mol. The first-order valence-corrected chi connectivity index (χ1v) is 11.2. The lowest BCUT2D eigenvalue weighted by atomic mass is 10.1. The molecular weight excluding hydrogens is 402 g/mol. The van der Waals surface area contributed by atoms with Crippen molar-refractivity contribution in [3.63, 3.8) is 0 Å². The Balaban J connectivity index is 2.04. The molecule has 0 spiro atoms. The van der Waals surface area contributed by atoms with Crippen LogP contribution in [-0.2, 0) is 0 Å². The van der Waals surface area contributed by atoms with E-state index in [1.54, 1.807) is 0 Å². The molecule has 0 unspecified atom stereocenters. The molecule has 154 valence electrons. The molecule has 6 heteroatoms. The number of aryl methyl sites for hydroxylation is 3. The van der Waals surface area contributed by atoms with Crippen LogP contribution in [0, 0.1) is 20.8 Å². The quantitative estimate of drug-likeness (QED) is 0.471. The van der Waals surface area contributed by atoms with Crippen LogP contribution in [0.4, 0.5) is 5.13 Å². The molecule has 29 heavy (non-hydrogen) atoms. The number of hydrogen-bond donors (Lipinski definition) is 0. The number of amides is 1. The minimum absolute atomic E-state index is 0.0169. The van der Waals surface area contributed by atoms with Gasteiger partial charge in [-0.1, -0.05) is 60.0 Å². The van der Waals surface area contributed by atoms with Crippen LogP contribution in [0.3, 0.4) is 0 Å². The Morgan fingerprint density at radius 3 is 2.28 bits per heavy atom. The van der Waals surface area contributed by atoms with Crippen molar-refractivity contribution in [1.82, 2.24) is 9.88 Å². The van der Waals surface area contributed by atoms with E-state index in [2.05, 4.69) is 24.8 Å². The predicted molar refractivity (Wildman–Crippen MR) is 125 cm³/mol. The zero-order chi connectivity index (χ0) is 21.1. The highest BCUT2D eigenvalue weighted by atomic mass is 35.5. The van der Waals surface area contributed by atoms with Crippen molar-refractivity contribution in [3.05, 3.63) is 57.6 Å². The summed E-state index contributed by atoms with van der Waals surface area (Å²) in [5, 5.41) is 1.38. The van der Waals surface area contributed by atoms with Crippen molar-refractivity contribution in [1.29, 1.82) is 0 Å². The molecule has 0 saturated heterocycles. The summed E-state index contributed by atoms with van der Waals surface area (Å²) in [6, 6.07) is 9.85. The van der Waals surface area contributed by atoms with Gasteiger partial charge in [0.15, 0.2) is 5.13 Å². The van der Waals surface area contributed by atoms with Crippen molar-refractivity contribution in [2.24, 2.45) is 0 Å². The first kappa shape index (κ1) is 21.8. The first-order valence-electron chi connectivity index (χ1n) is 10.0. The molecule has 0 aliphatic carbocycles. The number of aromatic nitrogens is 1. The highest BCUT2D eigenvalue weighted by molar-refractivity contribution is 7.23. The van der Waals surface area contributed by atoms with Crippen LogP contribution in [0.1, 0.15) is 40.9 Å². The Labute approximate surface area is 182 Å². The van der Waals surface area contributed by atoms with Gasteiger partial charge in [0, 0.05) is 18.7 Å². The first-order chi connectivity index (χ1) is 13.8. The summed E-state index contributed by atoms with van der Waals surface area (Å²) in [7, 11) is 0. The molecule has 0 fully saturated rings. The number of benzene rings is 2. The smallest absolute Gasteiger partial charge is 0.260 e. The molecular formula is C23H28ClN3OS. The number of carbonyl (C=O) groups excluding carboxylic acids is 1.